The first-order valence-corrected chi connectivity index (χ1v) is 7.33. The number of methoxy groups -OCH3 is 1. The molecular formula is C19H18N2O2. The molecule has 0 unspecified atom stereocenters. The Balaban J connectivity index is 1.99. The number of nitrogen functional groups attached to an aromatic ring is 1. The number of anilines is 2. The maximum absolute atomic E-state index is 12.6. The molecule has 4 nitrogen and oxygen atoms in total. The molecule has 0 bridgehead atoms. The summed E-state index contributed by atoms with van der Waals surface area (Å²) in [7, 11) is 1.56. The van der Waals surface area contributed by atoms with Crippen LogP contribution in [-0.2, 0) is 0 Å². The van der Waals surface area contributed by atoms with E-state index in [1.165, 1.54) is 0 Å². The van der Waals surface area contributed by atoms with Gasteiger partial charge in [-0.05, 0) is 47.5 Å². The molecule has 3 aromatic carbocycles. The van der Waals surface area contributed by atoms with Gasteiger partial charge in [0.15, 0.2) is 0 Å². The Labute approximate surface area is 134 Å². The van der Waals surface area contributed by atoms with Crippen molar-refractivity contribution in [3.05, 3.63) is 65.7 Å². The van der Waals surface area contributed by atoms with Crippen LogP contribution in [0.2, 0.25) is 0 Å². The lowest BCUT2D eigenvalue weighted by molar-refractivity contribution is 0.102. The number of aryl methyl sites for hydroxylation is 1. The molecule has 0 heterocycles. The van der Waals surface area contributed by atoms with Gasteiger partial charge in [-0.25, -0.2) is 0 Å². The van der Waals surface area contributed by atoms with Gasteiger partial charge in [0, 0.05) is 0 Å². The minimum absolute atomic E-state index is 0.247. The highest BCUT2D eigenvalue weighted by Crippen LogP contribution is 2.28. The second kappa shape index (κ2) is 6.01. The monoisotopic (exact) mass is 306 g/mol. The van der Waals surface area contributed by atoms with E-state index >= 15 is 0 Å². The van der Waals surface area contributed by atoms with Crippen LogP contribution < -0.4 is 15.8 Å². The molecule has 3 aromatic rings. The lowest BCUT2D eigenvalue weighted by Gasteiger charge is -2.12. The Morgan fingerprint density at radius 3 is 2.39 bits per heavy atom. The lowest BCUT2D eigenvalue weighted by Crippen LogP contribution is -2.14. The highest BCUT2D eigenvalue weighted by Gasteiger charge is 2.15. The van der Waals surface area contributed by atoms with E-state index in [9.17, 15) is 4.79 Å². The second-order valence-electron chi connectivity index (χ2n) is 5.44. The first kappa shape index (κ1) is 14.9. The van der Waals surface area contributed by atoms with Crippen molar-refractivity contribution >= 4 is 28.1 Å². The van der Waals surface area contributed by atoms with E-state index in [1.54, 1.807) is 13.2 Å². The first-order valence-electron chi connectivity index (χ1n) is 7.33. The van der Waals surface area contributed by atoms with Gasteiger partial charge < -0.3 is 15.8 Å². The van der Waals surface area contributed by atoms with Crippen LogP contribution in [-0.4, -0.2) is 13.0 Å². The van der Waals surface area contributed by atoms with Gasteiger partial charge in [0.2, 0.25) is 0 Å². The Morgan fingerprint density at radius 1 is 1.04 bits per heavy atom. The number of rotatable bonds is 3. The summed E-state index contributed by atoms with van der Waals surface area (Å²) >= 11 is 0. The smallest absolute Gasteiger partial charge is 0.259 e. The Morgan fingerprint density at radius 2 is 1.74 bits per heavy atom. The van der Waals surface area contributed by atoms with Crippen LogP contribution >= 0.6 is 0 Å². The van der Waals surface area contributed by atoms with Gasteiger partial charge in [-0.1, -0.05) is 30.3 Å². The molecule has 1 amide bonds. The first-order chi connectivity index (χ1) is 11.1. The number of nitrogens with two attached hydrogens (primary N) is 1. The molecular weight excluding hydrogens is 288 g/mol. The van der Waals surface area contributed by atoms with Crippen molar-refractivity contribution in [1.82, 2.24) is 0 Å². The minimum Gasteiger partial charge on any atom is -0.496 e. The fourth-order valence-electron chi connectivity index (χ4n) is 2.55. The van der Waals surface area contributed by atoms with Crippen molar-refractivity contribution in [2.75, 3.05) is 18.2 Å². The number of hydrogen-bond acceptors (Lipinski definition) is 3. The van der Waals surface area contributed by atoms with E-state index < -0.39 is 0 Å². The Bertz CT molecular complexity index is 888. The molecule has 0 aliphatic heterocycles. The summed E-state index contributed by atoms with van der Waals surface area (Å²) in [5.74, 6) is 0.287. The van der Waals surface area contributed by atoms with Gasteiger partial charge in [-0.2, -0.15) is 0 Å². The number of hydrogen-bond donors (Lipinski definition) is 2. The average molecular weight is 306 g/mol. The molecule has 0 saturated carbocycles. The molecule has 4 heteroatoms. The molecule has 0 fully saturated rings. The number of benzene rings is 3. The molecule has 0 aliphatic rings. The molecule has 3 rings (SSSR count). The Hall–Kier alpha value is -3.01. The molecule has 0 aromatic heterocycles. The molecule has 0 radical (unpaired) electrons. The van der Waals surface area contributed by atoms with E-state index in [4.69, 9.17) is 10.5 Å². The highest BCUT2D eigenvalue weighted by molar-refractivity contribution is 6.09. The summed E-state index contributed by atoms with van der Waals surface area (Å²) < 4.78 is 5.37. The van der Waals surface area contributed by atoms with E-state index in [2.05, 4.69) is 5.32 Å². The zero-order chi connectivity index (χ0) is 16.4. The van der Waals surface area contributed by atoms with Crippen LogP contribution in [0.5, 0.6) is 5.75 Å². The maximum atomic E-state index is 12.6. The van der Waals surface area contributed by atoms with Gasteiger partial charge in [0.1, 0.15) is 5.75 Å². The predicted octanol–water partition coefficient (Wildman–Crippen LogP) is 3.99. The van der Waals surface area contributed by atoms with E-state index in [0.717, 1.165) is 16.3 Å². The fourth-order valence-corrected chi connectivity index (χ4v) is 2.55. The molecule has 0 atom stereocenters. The molecule has 0 saturated heterocycles. The third-order valence-corrected chi connectivity index (χ3v) is 3.77. The third kappa shape index (κ3) is 2.97. The third-order valence-electron chi connectivity index (χ3n) is 3.77. The number of ether oxygens (including phenoxy) is 1. The van der Waals surface area contributed by atoms with E-state index in [-0.39, 0.29) is 5.91 Å². The van der Waals surface area contributed by atoms with Crippen molar-refractivity contribution in [2.24, 2.45) is 0 Å². The summed E-state index contributed by atoms with van der Waals surface area (Å²) in [5, 5.41) is 4.85. The second-order valence-corrected chi connectivity index (χ2v) is 5.44. The summed E-state index contributed by atoms with van der Waals surface area (Å²) in [6.07, 6.45) is 0. The molecule has 3 N–H and O–H groups in total. The van der Waals surface area contributed by atoms with Gasteiger partial charge in [0.25, 0.3) is 5.91 Å². The van der Waals surface area contributed by atoms with Crippen LogP contribution in [0.25, 0.3) is 10.8 Å². The van der Waals surface area contributed by atoms with E-state index in [1.807, 2.05) is 55.5 Å². The molecule has 0 spiro atoms. The van der Waals surface area contributed by atoms with Gasteiger partial charge >= 0.3 is 0 Å². The number of nitrogens with one attached hydrogen (secondary N) is 1. The normalized spacial score (nSPS) is 10.5. The molecule has 0 aliphatic carbocycles. The van der Waals surface area contributed by atoms with Crippen molar-refractivity contribution in [3.63, 3.8) is 0 Å². The average Bonchev–Trinajstić information content (AvgIpc) is 2.56. The van der Waals surface area contributed by atoms with Crippen molar-refractivity contribution in [1.29, 1.82) is 0 Å². The van der Waals surface area contributed by atoms with E-state index in [0.29, 0.717) is 22.7 Å². The Kier molecular flexibility index (Phi) is 3.89. The van der Waals surface area contributed by atoms with Gasteiger partial charge in [-0.15, -0.1) is 0 Å². The topological polar surface area (TPSA) is 64.3 Å². The number of fused-ring (bicyclic) bond motifs is 1. The SMILES string of the molecule is COc1cc2ccccc2cc1C(=O)Nc1ccc(C)cc1N. The quantitative estimate of drug-likeness (QED) is 0.719. The van der Waals surface area contributed by atoms with Crippen molar-refractivity contribution < 1.29 is 9.53 Å². The van der Waals surface area contributed by atoms with Gasteiger partial charge in [0.05, 0.1) is 24.0 Å². The maximum Gasteiger partial charge on any atom is 0.259 e. The zero-order valence-corrected chi connectivity index (χ0v) is 13.1. The van der Waals surface area contributed by atoms with Crippen molar-refractivity contribution in [3.8, 4) is 5.75 Å². The number of carbonyl (C=O) groups excluding carboxylic acids is 1. The number of amides is 1. The summed E-state index contributed by atoms with van der Waals surface area (Å²) in [5.41, 5.74) is 8.62. The van der Waals surface area contributed by atoms with Crippen LogP contribution in [0.4, 0.5) is 11.4 Å². The largest absolute Gasteiger partial charge is 0.496 e. The zero-order valence-electron chi connectivity index (χ0n) is 13.1. The summed E-state index contributed by atoms with van der Waals surface area (Å²) in [6.45, 7) is 1.95. The lowest BCUT2D eigenvalue weighted by atomic mass is 10.0. The molecule has 116 valence electrons. The number of carbonyl (C=O) groups is 1. The van der Waals surface area contributed by atoms with Gasteiger partial charge in [-0.3, -0.25) is 4.79 Å². The predicted molar refractivity (Wildman–Crippen MR) is 94.0 cm³/mol. The van der Waals surface area contributed by atoms with Crippen LogP contribution in [0.3, 0.4) is 0 Å². The molecule has 23 heavy (non-hydrogen) atoms. The summed E-state index contributed by atoms with van der Waals surface area (Å²) in [6, 6.07) is 17.1. The van der Waals surface area contributed by atoms with Crippen LogP contribution in [0, 0.1) is 6.92 Å². The summed E-state index contributed by atoms with van der Waals surface area (Å²) in [4.78, 5) is 12.6. The van der Waals surface area contributed by atoms with Crippen molar-refractivity contribution in [2.45, 2.75) is 6.92 Å². The fraction of sp³-hybridized carbons (Fsp3) is 0.105. The standard InChI is InChI=1S/C19H18N2O2/c1-12-7-8-17(16(20)9-12)21-19(22)15-10-13-5-3-4-6-14(13)11-18(15)23-2/h3-11H,20H2,1-2H3,(H,21,22). The van der Waals surface area contributed by atoms with Crippen LogP contribution in [0.15, 0.2) is 54.6 Å². The highest BCUT2D eigenvalue weighted by atomic mass is 16.5. The van der Waals surface area contributed by atoms with Crippen LogP contribution in [0.1, 0.15) is 15.9 Å². The minimum atomic E-state index is -0.247.